The Kier molecular flexibility index (Phi) is 5.95. The molecule has 0 aliphatic carbocycles. The molecule has 0 atom stereocenters. The maximum atomic E-state index is 15.1. The summed E-state index contributed by atoms with van der Waals surface area (Å²) in [5.74, 6) is -0.393. The van der Waals surface area contributed by atoms with Gasteiger partial charge in [0.2, 0.25) is 0 Å². The Morgan fingerprint density at radius 2 is 1.94 bits per heavy atom. The number of halogens is 1. The molecule has 2 aromatic heterocycles. The maximum Gasteiger partial charge on any atom is 0.256 e. The van der Waals surface area contributed by atoms with Crippen molar-refractivity contribution in [3.05, 3.63) is 65.4 Å². The maximum absolute atomic E-state index is 15.1. The van der Waals surface area contributed by atoms with Crippen molar-refractivity contribution in [3.63, 3.8) is 0 Å². The minimum Gasteiger partial charge on any atom is -0.384 e. The zero-order chi connectivity index (χ0) is 22.0. The smallest absolute Gasteiger partial charge is 0.256 e. The average molecular weight is 420 g/mol. The average Bonchev–Trinajstić information content (AvgIpc) is 2.79. The molecule has 1 aromatic carbocycles. The molecule has 3 heterocycles. The van der Waals surface area contributed by atoms with Gasteiger partial charge in [-0.05, 0) is 54.8 Å². The van der Waals surface area contributed by atoms with Gasteiger partial charge < -0.3 is 15.4 Å². The van der Waals surface area contributed by atoms with Crippen LogP contribution in [0.2, 0.25) is 0 Å². The first-order chi connectivity index (χ1) is 15.0. The largest absolute Gasteiger partial charge is 0.384 e. The number of nitrogens with two attached hydrogens (primary N) is 1. The van der Waals surface area contributed by atoms with Crippen LogP contribution in [-0.4, -0.2) is 47.1 Å². The molecule has 0 unspecified atom stereocenters. The summed E-state index contributed by atoms with van der Waals surface area (Å²) in [5.41, 5.74) is 10.9. The third-order valence-corrected chi connectivity index (χ3v) is 5.55. The van der Waals surface area contributed by atoms with Crippen LogP contribution in [0.1, 0.15) is 28.7 Å². The van der Waals surface area contributed by atoms with E-state index in [0.29, 0.717) is 44.1 Å². The second-order valence-corrected chi connectivity index (χ2v) is 7.50. The van der Waals surface area contributed by atoms with Crippen LogP contribution in [0, 0.1) is 12.7 Å². The molecule has 31 heavy (non-hydrogen) atoms. The first kappa shape index (κ1) is 20.9. The van der Waals surface area contributed by atoms with Gasteiger partial charge in [0.05, 0.1) is 24.5 Å². The number of carbonyl (C=O) groups excluding carboxylic acids is 1. The number of hydrogen-bond acceptors (Lipinski definition) is 5. The molecule has 1 amide bonds. The number of nitrogen functional groups attached to an aromatic ring is 1. The quantitative estimate of drug-likeness (QED) is 0.693. The van der Waals surface area contributed by atoms with Crippen LogP contribution in [0.3, 0.4) is 0 Å². The molecule has 7 heteroatoms. The van der Waals surface area contributed by atoms with Gasteiger partial charge in [-0.15, -0.1) is 0 Å². The molecule has 160 valence electrons. The number of pyridine rings is 2. The Bertz CT molecular complexity index is 1130. The predicted molar refractivity (Wildman–Crippen MR) is 118 cm³/mol. The van der Waals surface area contributed by atoms with Gasteiger partial charge in [-0.3, -0.25) is 9.78 Å². The number of aromatic nitrogens is 2. The fraction of sp³-hybridized carbons (Fsp3) is 0.292. The Morgan fingerprint density at radius 3 is 2.65 bits per heavy atom. The van der Waals surface area contributed by atoms with E-state index < -0.39 is 5.82 Å². The lowest BCUT2D eigenvalue weighted by molar-refractivity contribution is 0.0300. The van der Waals surface area contributed by atoms with E-state index in [9.17, 15) is 4.79 Å². The molecular weight excluding hydrogens is 395 g/mol. The van der Waals surface area contributed by atoms with E-state index in [2.05, 4.69) is 9.97 Å². The van der Waals surface area contributed by atoms with Crippen molar-refractivity contribution >= 4 is 11.7 Å². The van der Waals surface area contributed by atoms with Crippen molar-refractivity contribution in [2.45, 2.75) is 20.3 Å². The van der Waals surface area contributed by atoms with E-state index in [1.54, 1.807) is 29.3 Å². The number of amides is 1. The second-order valence-electron chi connectivity index (χ2n) is 7.50. The van der Waals surface area contributed by atoms with E-state index in [0.717, 1.165) is 28.1 Å². The highest BCUT2D eigenvalue weighted by atomic mass is 19.1. The Labute approximate surface area is 180 Å². The number of aryl methyl sites for hydroxylation is 2. The predicted octanol–water partition coefficient (Wildman–Crippen LogP) is 3.88. The molecule has 6 nitrogen and oxygen atoms in total. The van der Waals surface area contributed by atoms with Crippen molar-refractivity contribution in [3.8, 4) is 22.3 Å². The summed E-state index contributed by atoms with van der Waals surface area (Å²) in [7, 11) is 0. The molecule has 2 N–H and O–H groups in total. The van der Waals surface area contributed by atoms with Crippen molar-refractivity contribution in [1.82, 2.24) is 14.9 Å². The third kappa shape index (κ3) is 4.14. The van der Waals surface area contributed by atoms with Crippen molar-refractivity contribution < 1.29 is 13.9 Å². The zero-order valence-corrected chi connectivity index (χ0v) is 17.7. The topological polar surface area (TPSA) is 81.3 Å². The number of rotatable bonds is 4. The van der Waals surface area contributed by atoms with Crippen molar-refractivity contribution in [2.24, 2.45) is 0 Å². The summed E-state index contributed by atoms with van der Waals surface area (Å²) in [4.78, 5) is 23.3. The molecule has 4 rings (SSSR count). The van der Waals surface area contributed by atoms with Gasteiger partial charge in [0, 0.05) is 36.1 Å². The number of morpholine rings is 1. The number of carbonyl (C=O) groups is 1. The van der Waals surface area contributed by atoms with Gasteiger partial charge >= 0.3 is 0 Å². The number of benzene rings is 1. The highest BCUT2D eigenvalue weighted by molar-refractivity contribution is 5.95. The number of anilines is 1. The van der Waals surface area contributed by atoms with Gasteiger partial charge in [0.25, 0.3) is 5.91 Å². The van der Waals surface area contributed by atoms with Crippen LogP contribution < -0.4 is 5.73 Å². The second kappa shape index (κ2) is 8.81. The minimum atomic E-state index is -0.541. The number of nitrogens with zero attached hydrogens (tertiary/aromatic N) is 3. The fourth-order valence-electron chi connectivity index (χ4n) is 3.96. The zero-order valence-electron chi connectivity index (χ0n) is 17.7. The van der Waals surface area contributed by atoms with Crippen molar-refractivity contribution in [2.75, 3.05) is 32.0 Å². The first-order valence-electron chi connectivity index (χ1n) is 10.4. The Morgan fingerprint density at radius 1 is 1.16 bits per heavy atom. The highest BCUT2D eigenvalue weighted by Crippen LogP contribution is 2.36. The molecular formula is C24H25FN4O2. The summed E-state index contributed by atoms with van der Waals surface area (Å²) in [5, 5.41) is 0. The van der Waals surface area contributed by atoms with Crippen LogP contribution in [0.15, 0.2) is 42.6 Å². The molecule has 0 saturated carbocycles. The summed E-state index contributed by atoms with van der Waals surface area (Å²) in [6, 6.07) is 10.3. The third-order valence-electron chi connectivity index (χ3n) is 5.55. The van der Waals surface area contributed by atoms with E-state index >= 15 is 4.39 Å². The molecule has 1 aliphatic rings. The first-order valence-corrected chi connectivity index (χ1v) is 10.4. The van der Waals surface area contributed by atoms with E-state index in [1.807, 2.05) is 26.0 Å². The van der Waals surface area contributed by atoms with Crippen LogP contribution in [0.5, 0.6) is 0 Å². The molecule has 1 fully saturated rings. The lowest BCUT2D eigenvalue weighted by atomic mass is 9.92. The van der Waals surface area contributed by atoms with Gasteiger partial charge in [0.15, 0.2) is 0 Å². The van der Waals surface area contributed by atoms with Gasteiger partial charge in [-0.25, -0.2) is 9.37 Å². The lowest BCUT2D eigenvalue weighted by Crippen LogP contribution is -2.41. The van der Waals surface area contributed by atoms with Crippen molar-refractivity contribution in [1.29, 1.82) is 0 Å². The van der Waals surface area contributed by atoms with E-state index in [4.69, 9.17) is 10.5 Å². The molecule has 0 spiro atoms. The van der Waals surface area contributed by atoms with Crippen LogP contribution in [0.4, 0.5) is 10.2 Å². The summed E-state index contributed by atoms with van der Waals surface area (Å²) in [6.45, 7) is 5.82. The fourth-order valence-corrected chi connectivity index (χ4v) is 3.96. The van der Waals surface area contributed by atoms with Crippen LogP contribution >= 0.6 is 0 Å². The minimum absolute atomic E-state index is 0.0707. The molecule has 0 radical (unpaired) electrons. The monoisotopic (exact) mass is 420 g/mol. The van der Waals surface area contributed by atoms with Crippen LogP contribution in [0.25, 0.3) is 22.3 Å². The highest BCUT2D eigenvalue weighted by Gasteiger charge is 2.22. The molecule has 1 aliphatic heterocycles. The van der Waals surface area contributed by atoms with Gasteiger partial charge in [0.1, 0.15) is 11.6 Å². The summed E-state index contributed by atoms with van der Waals surface area (Å²) in [6.07, 6.45) is 2.41. The number of ether oxygens (including phenoxy) is 1. The Balaban J connectivity index is 1.77. The van der Waals surface area contributed by atoms with Gasteiger partial charge in [-0.1, -0.05) is 13.0 Å². The molecule has 1 saturated heterocycles. The lowest BCUT2D eigenvalue weighted by Gasteiger charge is -2.27. The standard InChI is InChI=1S/C24H25FN4O2/c1-3-21-19(6-7-22(26)28-21)23-15(2)27-9-8-17(23)16-4-5-18(20(25)14-16)24(30)29-10-12-31-13-11-29/h4-9,14H,3,10-13H2,1-2H3,(H2,26,28). The molecule has 0 bridgehead atoms. The summed E-state index contributed by atoms with van der Waals surface area (Å²) >= 11 is 0. The molecule has 3 aromatic rings. The van der Waals surface area contributed by atoms with E-state index in [1.165, 1.54) is 6.07 Å². The Hall–Kier alpha value is -3.32. The normalized spacial score (nSPS) is 14.0. The van der Waals surface area contributed by atoms with Crippen LogP contribution in [-0.2, 0) is 11.2 Å². The summed E-state index contributed by atoms with van der Waals surface area (Å²) < 4.78 is 20.3. The van der Waals surface area contributed by atoms with Gasteiger partial charge in [-0.2, -0.15) is 0 Å². The van der Waals surface area contributed by atoms with E-state index in [-0.39, 0.29) is 11.5 Å². The SMILES string of the molecule is CCc1nc(N)ccc1-c1c(-c2ccc(C(=O)N3CCOCC3)c(F)c2)ccnc1C. The number of hydrogen-bond donors (Lipinski definition) is 1.